The SMILES string of the molecule is COC(=O)[C@H](Cc1ccc(OCCc2cc(C)c3c(n2)N(C(=O)O)CCC3)cc1)NC(=O)c1c(Cl)cccc1Cl. The third-order valence-electron chi connectivity index (χ3n) is 6.64. The van der Waals surface area contributed by atoms with Crippen LogP contribution in [0, 0.1) is 6.92 Å². The largest absolute Gasteiger partial charge is 0.493 e. The first-order chi connectivity index (χ1) is 19.2. The molecule has 0 unspecified atom stereocenters. The molecule has 2 heterocycles. The maximum absolute atomic E-state index is 12.8. The molecule has 9 nitrogen and oxygen atoms in total. The summed E-state index contributed by atoms with van der Waals surface area (Å²) < 4.78 is 10.8. The Labute approximate surface area is 242 Å². The first-order valence-electron chi connectivity index (χ1n) is 12.7. The van der Waals surface area contributed by atoms with Crippen molar-refractivity contribution in [2.24, 2.45) is 0 Å². The highest BCUT2D eigenvalue weighted by molar-refractivity contribution is 6.39. The third kappa shape index (κ3) is 6.84. The molecule has 0 fully saturated rings. The minimum Gasteiger partial charge on any atom is -0.493 e. The number of carbonyl (C=O) groups is 3. The standard InChI is InChI=1S/C29H29Cl2N3O6/c1-17-15-19(32-26-21(17)5-4-13-34(26)29(37)38)12-14-40-20-10-8-18(9-11-20)16-24(28(36)39-2)33-27(35)25-22(30)6-3-7-23(25)31/h3,6-11,15,24H,4-5,12-14,16H2,1-2H3,(H,33,35)(H,37,38)/t24-/m0/s1. The number of esters is 1. The van der Waals surface area contributed by atoms with Gasteiger partial charge in [0.05, 0.1) is 29.3 Å². The van der Waals surface area contributed by atoms with E-state index in [2.05, 4.69) is 10.3 Å². The number of nitrogens with one attached hydrogen (secondary N) is 1. The molecule has 0 bridgehead atoms. The molecular weight excluding hydrogens is 557 g/mol. The maximum Gasteiger partial charge on any atom is 0.413 e. The van der Waals surface area contributed by atoms with Crippen LogP contribution in [0.3, 0.4) is 0 Å². The molecule has 4 rings (SSSR count). The van der Waals surface area contributed by atoms with Crippen LogP contribution in [-0.4, -0.2) is 54.4 Å². The number of nitrogens with zero attached hydrogens (tertiary/aromatic N) is 2. The van der Waals surface area contributed by atoms with Crippen LogP contribution in [-0.2, 0) is 28.8 Å². The van der Waals surface area contributed by atoms with Gasteiger partial charge in [0, 0.05) is 25.1 Å². The van der Waals surface area contributed by atoms with Gasteiger partial charge >= 0.3 is 12.1 Å². The van der Waals surface area contributed by atoms with Crippen LogP contribution in [0.25, 0.3) is 0 Å². The average molecular weight is 586 g/mol. The van der Waals surface area contributed by atoms with Gasteiger partial charge in [0.25, 0.3) is 5.91 Å². The number of carboxylic acid groups (broad SMARTS) is 1. The number of methoxy groups -OCH3 is 1. The number of aromatic nitrogens is 1. The van der Waals surface area contributed by atoms with Gasteiger partial charge in [0.2, 0.25) is 0 Å². The molecule has 0 saturated carbocycles. The van der Waals surface area contributed by atoms with E-state index in [4.69, 9.17) is 32.7 Å². The molecule has 0 saturated heterocycles. The highest BCUT2D eigenvalue weighted by Crippen LogP contribution is 2.29. The monoisotopic (exact) mass is 585 g/mol. The minimum atomic E-state index is -0.997. The highest BCUT2D eigenvalue weighted by atomic mass is 35.5. The average Bonchev–Trinajstić information content (AvgIpc) is 2.92. The summed E-state index contributed by atoms with van der Waals surface area (Å²) in [6, 6.07) is 12.9. The molecule has 0 aliphatic carbocycles. The summed E-state index contributed by atoms with van der Waals surface area (Å²) in [5, 5.41) is 12.5. The summed E-state index contributed by atoms with van der Waals surface area (Å²) in [7, 11) is 1.25. The van der Waals surface area contributed by atoms with Crippen molar-refractivity contribution in [3.8, 4) is 5.75 Å². The lowest BCUT2D eigenvalue weighted by atomic mass is 10.00. The zero-order chi connectivity index (χ0) is 28.8. The van der Waals surface area contributed by atoms with Crippen molar-refractivity contribution in [1.82, 2.24) is 10.3 Å². The number of amides is 2. The second-order valence-corrected chi connectivity index (χ2v) is 10.2. The molecule has 3 aromatic rings. The maximum atomic E-state index is 12.8. The number of benzene rings is 2. The summed E-state index contributed by atoms with van der Waals surface area (Å²) >= 11 is 12.3. The summed E-state index contributed by atoms with van der Waals surface area (Å²) in [4.78, 5) is 42.8. The van der Waals surface area contributed by atoms with Crippen molar-refractivity contribution < 1.29 is 29.0 Å². The number of carbonyl (C=O) groups excluding carboxylic acids is 2. The van der Waals surface area contributed by atoms with Crippen LogP contribution in [0.2, 0.25) is 10.0 Å². The number of hydrogen-bond donors (Lipinski definition) is 2. The normalized spacial score (nSPS) is 13.2. The highest BCUT2D eigenvalue weighted by Gasteiger charge is 2.26. The van der Waals surface area contributed by atoms with E-state index in [1.807, 2.05) is 13.0 Å². The Balaban J connectivity index is 1.37. The molecule has 0 spiro atoms. The van der Waals surface area contributed by atoms with Gasteiger partial charge in [0.1, 0.15) is 17.6 Å². The van der Waals surface area contributed by atoms with Gasteiger partial charge in [-0.3, -0.25) is 9.69 Å². The van der Waals surface area contributed by atoms with Crippen molar-refractivity contribution in [3.63, 3.8) is 0 Å². The smallest absolute Gasteiger partial charge is 0.413 e. The van der Waals surface area contributed by atoms with Gasteiger partial charge in [-0.1, -0.05) is 41.4 Å². The van der Waals surface area contributed by atoms with Crippen molar-refractivity contribution >= 4 is 47.0 Å². The summed E-state index contributed by atoms with van der Waals surface area (Å²) in [5.41, 5.74) is 3.62. The van der Waals surface area contributed by atoms with E-state index in [1.165, 1.54) is 12.0 Å². The van der Waals surface area contributed by atoms with Gasteiger partial charge in [-0.25, -0.2) is 14.6 Å². The number of pyridine rings is 1. The van der Waals surface area contributed by atoms with E-state index in [0.717, 1.165) is 35.2 Å². The molecule has 2 aromatic carbocycles. The van der Waals surface area contributed by atoms with Crippen LogP contribution >= 0.6 is 23.2 Å². The molecule has 0 radical (unpaired) electrons. The van der Waals surface area contributed by atoms with Gasteiger partial charge in [-0.2, -0.15) is 0 Å². The predicted molar refractivity (Wildman–Crippen MR) is 152 cm³/mol. The molecule has 11 heteroatoms. The number of rotatable bonds is 9. The van der Waals surface area contributed by atoms with Crippen LogP contribution < -0.4 is 15.0 Å². The number of halogens is 2. The van der Waals surface area contributed by atoms with Crippen molar-refractivity contribution in [2.75, 3.05) is 25.2 Å². The van der Waals surface area contributed by atoms with Crippen LogP contribution in [0.15, 0.2) is 48.5 Å². The lowest BCUT2D eigenvalue weighted by Gasteiger charge is -2.27. The molecular formula is C29H29Cl2N3O6. The number of ether oxygens (including phenoxy) is 2. The summed E-state index contributed by atoms with van der Waals surface area (Å²) in [6.07, 6.45) is 1.28. The Morgan fingerprint density at radius 2 is 1.82 bits per heavy atom. The van der Waals surface area contributed by atoms with Gasteiger partial charge in [0.15, 0.2) is 0 Å². The van der Waals surface area contributed by atoms with E-state index < -0.39 is 24.0 Å². The van der Waals surface area contributed by atoms with E-state index in [1.54, 1.807) is 42.5 Å². The predicted octanol–water partition coefficient (Wildman–Crippen LogP) is 5.26. The third-order valence-corrected chi connectivity index (χ3v) is 7.27. The number of hydrogen-bond acceptors (Lipinski definition) is 6. The Morgan fingerprint density at radius 3 is 2.48 bits per heavy atom. The van der Waals surface area contributed by atoms with E-state index >= 15 is 0 Å². The van der Waals surface area contributed by atoms with Crippen LogP contribution in [0.1, 0.15) is 39.2 Å². The second kappa shape index (κ2) is 13.0. The van der Waals surface area contributed by atoms with Crippen LogP contribution in [0.5, 0.6) is 5.75 Å². The van der Waals surface area contributed by atoms with E-state index in [0.29, 0.717) is 31.1 Å². The summed E-state index contributed by atoms with van der Waals surface area (Å²) in [5.74, 6) is -0.0520. The second-order valence-electron chi connectivity index (χ2n) is 9.36. The molecule has 2 N–H and O–H groups in total. The first kappa shape index (κ1) is 29.2. The molecule has 40 heavy (non-hydrogen) atoms. The quantitative estimate of drug-likeness (QED) is 0.329. The van der Waals surface area contributed by atoms with Gasteiger partial charge < -0.3 is 19.9 Å². The van der Waals surface area contributed by atoms with Crippen molar-refractivity contribution in [3.05, 3.63) is 86.5 Å². The number of aryl methyl sites for hydroxylation is 1. The lowest BCUT2D eigenvalue weighted by Crippen LogP contribution is -2.43. The Morgan fingerprint density at radius 1 is 1.12 bits per heavy atom. The van der Waals surface area contributed by atoms with Crippen molar-refractivity contribution in [2.45, 2.75) is 38.6 Å². The summed E-state index contributed by atoms with van der Waals surface area (Å²) in [6.45, 7) is 2.76. The fourth-order valence-corrected chi connectivity index (χ4v) is 5.20. The Kier molecular flexibility index (Phi) is 9.50. The molecule has 1 aliphatic rings. The Hall–Kier alpha value is -3.82. The molecule has 210 valence electrons. The topological polar surface area (TPSA) is 118 Å². The minimum absolute atomic E-state index is 0.0859. The zero-order valence-corrected chi connectivity index (χ0v) is 23.6. The fraction of sp³-hybridized carbons (Fsp3) is 0.310. The lowest BCUT2D eigenvalue weighted by molar-refractivity contribution is -0.142. The van der Waals surface area contributed by atoms with Gasteiger partial charge in [-0.15, -0.1) is 0 Å². The van der Waals surface area contributed by atoms with E-state index in [-0.39, 0.29) is 22.0 Å². The number of fused-ring (bicyclic) bond motifs is 1. The van der Waals surface area contributed by atoms with E-state index in [9.17, 15) is 19.5 Å². The van der Waals surface area contributed by atoms with Gasteiger partial charge in [-0.05, 0) is 66.8 Å². The molecule has 1 aromatic heterocycles. The molecule has 2 amide bonds. The molecule has 1 atom stereocenters. The zero-order valence-electron chi connectivity index (χ0n) is 22.1. The number of anilines is 1. The molecule has 1 aliphatic heterocycles. The first-order valence-corrected chi connectivity index (χ1v) is 13.5. The Bertz CT molecular complexity index is 1390. The van der Waals surface area contributed by atoms with Crippen LogP contribution in [0.4, 0.5) is 10.6 Å². The fourth-order valence-electron chi connectivity index (χ4n) is 4.63. The van der Waals surface area contributed by atoms with Crippen molar-refractivity contribution in [1.29, 1.82) is 0 Å².